The van der Waals surface area contributed by atoms with Crippen LogP contribution in [0.15, 0.2) is 11.6 Å². The molecule has 0 saturated heterocycles. The van der Waals surface area contributed by atoms with Gasteiger partial charge >= 0.3 is 0 Å². The Bertz CT molecular complexity index is 253. The summed E-state index contributed by atoms with van der Waals surface area (Å²) in [4.78, 5) is 0. The molecule has 1 heteroatoms. The van der Waals surface area contributed by atoms with Crippen LogP contribution in [0.1, 0.15) is 73.1 Å². The summed E-state index contributed by atoms with van der Waals surface area (Å²) in [7, 11) is 0. The Hall–Kier alpha value is -0.300. The minimum Gasteiger partial charge on any atom is -0.308 e. The van der Waals surface area contributed by atoms with Gasteiger partial charge in [0, 0.05) is 12.1 Å². The zero-order chi connectivity index (χ0) is 13.6. The van der Waals surface area contributed by atoms with E-state index in [1.54, 1.807) is 5.57 Å². The van der Waals surface area contributed by atoms with Crippen molar-refractivity contribution in [1.82, 2.24) is 5.32 Å². The lowest BCUT2D eigenvalue weighted by atomic mass is 9.82. The molecule has 0 aromatic heterocycles. The third kappa shape index (κ3) is 6.04. The van der Waals surface area contributed by atoms with Gasteiger partial charge in [0.05, 0.1) is 0 Å². The summed E-state index contributed by atoms with van der Waals surface area (Å²) in [6.45, 7) is 12.5. The smallest absolute Gasteiger partial charge is 0.0172 e. The summed E-state index contributed by atoms with van der Waals surface area (Å²) in [5.74, 6) is 1.58. The quantitative estimate of drug-likeness (QED) is 0.683. The molecule has 0 aliphatic heterocycles. The van der Waals surface area contributed by atoms with Crippen LogP contribution in [-0.2, 0) is 0 Å². The summed E-state index contributed by atoms with van der Waals surface area (Å²) in [6.07, 6.45) is 10.9. The SMILES string of the molecule is CCC(C)C=C(CNC(C)(C)C)C1CCCCC1. The molecule has 1 aliphatic carbocycles. The van der Waals surface area contributed by atoms with Crippen LogP contribution in [-0.4, -0.2) is 12.1 Å². The topological polar surface area (TPSA) is 12.0 Å². The first-order valence-corrected chi connectivity index (χ1v) is 7.88. The molecule has 106 valence electrons. The Morgan fingerprint density at radius 2 is 1.83 bits per heavy atom. The van der Waals surface area contributed by atoms with Gasteiger partial charge in [0.25, 0.3) is 0 Å². The first-order chi connectivity index (χ1) is 8.42. The summed E-state index contributed by atoms with van der Waals surface area (Å²) in [6, 6.07) is 0. The second-order valence-corrected chi connectivity index (χ2v) is 7.07. The Balaban J connectivity index is 2.64. The van der Waals surface area contributed by atoms with Crippen LogP contribution in [0.4, 0.5) is 0 Å². The molecule has 1 rings (SSSR count). The van der Waals surface area contributed by atoms with E-state index >= 15 is 0 Å². The van der Waals surface area contributed by atoms with Crippen molar-refractivity contribution in [2.45, 2.75) is 78.7 Å². The second-order valence-electron chi connectivity index (χ2n) is 7.07. The lowest BCUT2D eigenvalue weighted by molar-refractivity contribution is 0.373. The maximum atomic E-state index is 3.68. The molecule has 1 unspecified atom stereocenters. The molecule has 0 aromatic rings. The Morgan fingerprint density at radius 1 is 1.22 bits per heavy atom. The largest absolute Gasteiger partial charge is 0.308 e. The molecule has 18 heavy (non-hydrogen) atoms. The molecule has 0 bridgehead atoms. The standard InChI is InChI=1S/C17H33N/c1-6-14(2)12-16(13-18-17(3,4)5)15-10-8-7-9-11-15/h12,14-15,18H,6-11,13H2,1-5H3. The summed E-state index contributed by atoms with van der Waals surface area (Å²) >= 11 is 0. The maximum Gasteiger partial charge on any atom is 0.0172 e. The van der Waals surface area contributed by atoms with Crippen LogP contribution in [0, 0.1) is 11.8 Å². The Labute approximate surface area is 114 Å². The van der Waals surface area contributed by atoms with Crippen LogP contribution in [0.3, 0.4) is 0 Å². The number of allylic oxidation sites excluding steroid dienone is 1. The Morgan fingerprint density at radius 3 is 2.33 bits per heavy atom. The van der Waals surface area contributed by atoms with Crippen molar-refractivity contribution < 1.29 is 0 Å². The highest BCUT2D eigenvalue weighted by Gasteiger charge is 2.19. The van der Waals surface area contributed by atoms with E-state index in [1.165, 1.54) is 38.5 Å². The molecule has 1 atom stereocenters. The van der Waals surface area contributed by atoms with Crippen LogP contribution < -0.4 is 5.32 Å². The van der Waals surface area contributed by atoms with E-state index in [2.05, 4.69) is 46.0 Å². The van der Waals surface area contributed by atoms with Crippen LogP contribution in [0.5, 0.6) is 0 Å². The normalized spacial score (nSPS) is 21.1. The highest BCUT2D eigenvalue weighted by atomic mass is 14.9. The molecule has 0 heterocycles. The molecule has 0 aromatic carbocycles. The van der Waals surface area contributed by atoms with Crippen molar-refractivity contribution in [3.05, 3.63) is 11.6 Å². The number of hydrogen-bond donors (Lipinski definition) is 1. The molecule has 1 nitrogen and oxygen atoms in total. The summed E-state index contributed by atoms with van der Waals surface area (Å²) in [5.41, 5.74) is 1.91. The van der Waals surface area contributed by atoms with Gasteiger partial charge in [-0.05, 0) is 45.4 Å². The third-order valence-corrected chi connectivity index (χ3v) is 4.09. The first-order valence-electron chi connectivity index (χ1n) is 7.88. The van der Waals surface area contributed by atoms with Gasteiger partial charge in [0.15, 0.2) is 0 Å². The van der Waals surface area contributed by atoms with Gasteiger partial charge in [-0.3, -0.25) is 0 Å². The highest BCUT2D eigenvalue weighted by Crippen LogP contribution is 2.30. The Kier molecular flexibility index (Phi) is 6.42. The lowest BCUT2D eigenvalue weighted by Gasteiger charge is -2.29. The molecule has 0 amide bonds. The molecule has 0 spiro atoms. The average Bonchev–Trinajstić information content (AvgIpc) is 2.34. The van der Waals surface area contributed by atoms with E-state index in [0.717, 1.165) is 18.4 Å². The van der Waals surface area contributed by atoms with E-state index in [0.29, 0.717) is 0 Å². The minimum atomic E-state index is 0.225. The molecule has 1 saturated carbocycles. The van der Waals surface area contributed by atoms with Gasteiger partial charge < -0.3 is 5.32 Å². The molecule has 1 fully saturated rings. The van der Waals surface area contributed by atoms with Crippen LogP contribution in [0.25, 0.3) is 0 Å². The summed E-state index contributed by atoms with van der Waals surface area (Å²) in [5, 5.41) is 3.68. The third-order valence-electron chi connectivity index (χ3n) is 4.09. The van der Waals surface area contributed by atoms with E-state index in [9.17, 15) is 0 Å². The van der Waals surface area contributed by atoms with Gasteiger partial charge in [-0.1, -0.05) is 51.2 Å². The van der Waals surface area contributed by atoms with E-state index in [-0.39, 0.29) is 5.54 Å². The van der Waals surface area contributed by atoms with Gasteiger partial charge in [0.1, 0.15) is 0 Å². The van der Waals surface area contributed by atoms with Crippen molar-refractivity contribution in [2.24, 2.45) is 11.8 Å². The maximum absolute atomic E-state index is 3.68. The van der Waals surface area contributed by atoms with Crippen molar-refractivity contribution in [1.29, 1.82) is 0 Å². The fourth-order valence-electron chi connectivity index (χ4n) is 2.66. The molecule has 1 aliphatic rings. The van der Waals surface area contributed by atoms with Crippen molar-refractivity contribution in [2.75, 3.05) is 6.54 Å². The zero-order valence-electron chi connectivity index (χ0n) is 13.2. The number of hydrogen-bond acceptors (Lipinski definition) is 1. The number of rotatable bonds is 5. The lowest BCUT2D eigenvalue weighted by Crippen LogP contribution is -2.38. The predicted molar refractivity (Wildman–Crippen MR) is 81.9 cm³/mol. The van der Waals surface area contributed by atoms with Crippen LogP contribution >= 0.6 is 0 Å². The van der Waals surface area contributed by atoms with Crippen molar-refractivity contribution in [3.63, 3.8) is 0 Å². The van der Waals surface area contributed by atoms with Crippen molar-refractivity contribution >= 4 is 0 Å². The fraction of sp³-hybridized carbons (Fsp3) is 0.882. The zero-order valence-corrected chi connectivity index (χ0v) is 13.2. The van der Waals surface area contributed by atoms with E-state index in [1.807, 2.05) is 0 Å². The van der Waals surface area contributed by atoms with Crippen molar-refractivity contribution in [3.8, 4) is 0 Å². The molecule has 0 radical (unpaired) electrons. The summed E-state index contributed by atoms with van der Waals surface area (Å²) < 4.78 is 0. The molecular formula is C17H33N. The average molecular weight is 251 g/mol. The van der Waals surface area contributed by atoms with E-state index in [4.69, 9.17) is 0 Å². The highest BCUT2D eigenvalue weighted by molar-refractivity contribution is 5.11. The van der Waals surface area contributed by atoms with Gasteiger partial charge in [-0.2, -0.15) is 0 Å². The van der Waals surface area contributed by atoms with Gasteiger partial charge in [-0.25, -0.2) is 0 Å². The minimum absolute atomic E-state index is 0.225. The van der Waals surface area contributed by atoms with E-state index < -0.39 is 0 Å². The first kappa shape index (κ1) is 15.8. The molecular weight excluding hydrogens is 218 g/mol. The fourth-order valence-corrected chi connectivity index (χ4v) is 2.66. The second kappa shape index (κ2) is 7.33. The number of nitrogens with one attached hydrogen (secondary N) is 1. The molecule has 1 N–H and O–H groups in total. The monoisotopic (exact) mass is 251 g/mol. The van der Waals surface area contributed by atoms with Gasteiger partial charge in [-0.15, -0.1) is 0 Å². The predicted octanol–water partition coefficient (Wildman–Crippen LogP) is 4.93. The van der Waals surface area contributed by atoms with Crippen LogP contribution in [0.2, 0.25) is 0 Å². The van der Waals surface area contributed by atoms with Gasteiger partial charge in [0.2, 0.25) is 0 Å².